The summed E-state index contributed by atoms with van der Waals surface area (Å²) >= 11 is 0. The number of nitrogens with zero attached hydrogens (tertiary/aromatic N) is 2. The van der Waals surface area contributed by atoms with Gasteiger partial charge in [0.05, 0.1) is 12.9 Å². The summed E-state index contributed by atoms with van der Waals surface area (Å²) in [6.45, 7) is 0.605. The van der Waals surface area contributed by atoms with E-state index in [2.05, 4.69) is 4.98 Å². The van der Waals surface area contributed by atoms with Gasteiger partial charge < -0.3 is 9.30 Å². The van der Waals surface area contributed by atoms with Crippen LogP contribution in [0.3, 0.4) is 0 Å². The van der Waals surface area contributed by atoms with Gasteiger partial charge in [0.1, 0.15) is 5.69 Å². The molecule has 4 nitrogen and oxygen atoms in total. The van der Waals surface area contributed by atoms with Crippen LogP contribution in [0.2, 0.25) is 0 Å². The van der Waals surface area contributed by atoms with Crippen molar-refractivity contribution >= 4 is 5.78 Å². The molecular weight excluding hydrogens is 168 g/mol. The molecule has 0 atom stereocenters. The van der Waals surface area contributed by atoms with E-state index in [-0.39, 0.29) is 5.78 Å². The molecule has 1 aromatic rings. The molecule has 0 fully saturated rings. The normalized spacial score (nSPS) is 15.3. The number of allylic oxidation sites excluding steroid dienone is 1. The first-order chi connectivity index (χ1) is 6.27. The Morgan fingerprint density at radius 3 is 3.08 bits per heavy atom. The van der Waals surface area contributed by atoms with Gasteiger partial charge in [-0.3, -0.25) is 4.79 Å². The summed E-state index contributed by atoms with van der Waals surface area (Å²) in [7, 11) is 1.83. The lowest BCUT2D eigenvalue weighted by Crippen LogP contribution is -2.04. The molecule has 0 radical (unpaired) electrons. The van der Waals surface area contributed by atoms with Gasteiger partial charge in [-0.25, -0.2) is 4.98 Å². The average Bonchev–Trinajstić information content (AvgIpc) is 2.72. The van der Waals surface area contributed by atoms with Crippen molar-refractivity contribution in [1.82, 2.24) is 9.55 Å². The zero-order chi connectivity index (χ0) is 9.26. The number of carbonyl (C=O) groups excluding carboxylic acids is 1. The first-order valence-electron chi connectivity index (χ1n) is 4.13. The second kappa shape index (κ2) is 3.05. The van der Waals surface area contributed by atoms with Crippen molar-refractivity contribution in [2.75, 3.05) is 6.61 Å². The molecule has 68 valence electrons. The number of ether oxygens (including phenoxy) is 1. The van der Waals surface area contributed by atoms with Crippen LogP contribution in [0.25, 0.3) is 0 Å². The Balaban J connectivity index is 2.22. The summed E-state index contributed by atoms with van der Waals surface area (Å²) in [6.07, 6.45) is 5.90. The molecule has 1 aliphatic rings. The number of rotatable bonds is 2. The minimum Gasteiger partial charge on any atom is -0.489 e. The number of aromatic nitrogens is 2. The fraction of sp³-hybridized carbons (Fsp3) is 0.333. The van der Waals surface area contributed by atoms with E-state index in [0.717, 1.165) is 6.42 Å². The lowest BCUT2D eigenvalue weighted by molar-refractivity contribution is 0.0938. The van der Waals surface area contributed by atoms with Gasteiger partial charge >= 0.3 is 0 Å². The molecule has 1 aliphatic heterocycles. The predicted molar refractivity (Wildman–Crippen MR) is 46.2 cm³/mol. The van der Waals surface area contributed by atoms with Crippen LogP contribution in [0.1, 0.15) is 16.9 Å². The Morgan fingerprint density at radius 1 is 1.69 bits per heavy atom. The molecule has 0 bridgehead atoms. The molecule has 0 spiro atoms. The third-order valence-electron chi connectivity index (χ3n) is 1.87. The third kappa shape index (κ3) is 1.47. The van der Waals surface area contributed by atoms with Crippen LogP contribution < -0.4 is 0 Å². The summed E-state index contributed by atoms with van der Waals surface area (Å²) < 4.78 is 6.88. The smallest absolute Gasteiger partial charge is 0.247 e. The maximum absolute atomic E-state index is 11.6. The van der Waals surface area contributed by atoms with Crippen LogP contribution in [0.15, 0.2) is 24.4 Å². The number of aryl methyl sites for hydroxylation is 1. The minimum absolute atomic E-state index is 0.127. The Bertz CT molecular complexity index is 365. The maximum atomic E-state index is 11.6. The van der Waals surface area contributed by atoms with E-state index in [4.69, 9.17) is 4.74 Å². The summed E-state index contributed by atoms with van der Waals surface area (Å²) in [4.78, 5) is 15.5. The van der Waals surface area contributed by atoms with Gasteiger partial charge in [-0.15, -0.1) is 0 Å². The van der Waals surface area contributed by atoms with Gasteiger partial charge in [0, 0.05) is 19.7 Å². The van der Waals surface area contributed by atoms with Crippen molar-refractivity contribution in [2.45, 2.75) is 6.42 Å². The van der Waals surface area contributed by atoms with E-state index in [0.29, 0.717) is 18.1 Å². The highest BCUT2D eigenvalue weighted by Crippen LogP contribution is 2.13. The summed E-state index contributed by atoms with van der Waals surface area (Å²) in [5.41, 5.74) is 0.440. The van der Waals surface area contributed by atoms with E-state index < -0.39 is 0 Å². The van der Waals surface area contributed by atoms with Crippen LogP contribution in [0, 0.1) is 0 Å². The summed E-state index contributed by atoms with van der Waals surface area (Å²) in [6, 6.07) is 0. The van der Waals surface area contributed by atoms with E-state index in [1.807, 2.05) is 7.05 Å². The van der Waals surface area contributed by atoms with Crippen molar-refractivity contribution in [2.24, 2.45) is 7.05 Å². The largest absolute Gasteiger partial charge is 0.489 e. The van der Waals surface area contributed by atoms with Crippen LogP contribution >= 0.6 is 0 Å². The summed E-state index contributed by atoms with van der Waals surface area (Å²) in [5, 5.41) is 0. The topological polar surface area (TPSA) is 44.1 Å². The van der Waals surface area contributed by atoms with Gasteiger partial charge in [0.15, 0.2) is 5.76 Å². The number of imidazole rings is 1. The van der Waals surface area contributed by atoms with Crippen molar-refractivity contribution in [3.05, 3.63) is 30.1 Å². The lowest BCUT2D eigenvalue weighted by atomic mass is 10.2. The van der Waals surface area contributed by atoms with Crippen LogP contribution in [-0.2, 0) is 11.8 Å². The van der Waals surface area contributed by atoms with Crippen molar-refractivity contribution < 1.29 is 9.53 Å². The molecule has 2 heterocycles. The molecule has 0 saturated heterocycles. The Kier molecular flexibility index (Phi) is 1.88. The molecule has 2 rings (SSSR count). The Morgan fingerprint density at radius 2 is 2.54 bits per heavy atom. The van der Waals surface area contributed by atoms with Crippen LogP contribution in [-0.4, -0.2) is 21.9 Å². The van der Waals surface area contributed by atoms with Crippen molar-refractivity contribution in [1.29, 1.82) is 0 Å². The first kappa shape index (κ1) is 8.04. The predicted octanol–water partition coefficient (Wildman–Crippen LogP) is 0.907. The highest BCUT2D eigenvalue weighted by Gasteiger charge is 2.18. The molecule has 0 aliphatic carbocycles. The van der Waals surface area contributed by atoms with Gasteiger partial charge in [-0.05, 0) is 6.08 Å². The Hall–Kier alpha value is -1.58. The van der Waals surface area contributed by atoms with Gasteiger partial charge in [0.2, 0.25) is 5.78 Å². The zero-order valence-electron chi connectivity index (χ0n) is 7.36. The fourth-order valence-corrected chi connectivity index (χ4v) is 1.23. The molecule has 0 saturated carbocycles. The molecule has 13 heavy (non-hydrogen) atoms. The number of Topliss-reactive ketones (excluding diaryl/α,β-unsaturated/α-hetero) is 1. The van der Waals surface area contributed by atoms with E-state index in [1.54, 1.807) is 23.2 Å². The van der Waals surface area contributed by atoms with E-state index in [9.17, 15) is 4.79 Å². The third-order valence-corrected chi connectivity index (χ3v) is 1.87. The standard InChI is InChI=1S/C9H10N2O2/c1-11-5-7(10-6-11)9(12)8-3-2-4-13-8/h3,5-6H,2,4H2,1H3. The molecule has 0 amide bonds. The molecule has 0 aromatic carbocycles. The van der Waals surface area contributed by atoms with Gasteiger partial charge in [-0.1, -0.05) is 0 Å². The maximum Gasteiger partial charge on any atom is 0.247 e. The number of hydrogen-bond donors (Lipinski definition) is 0. The number of ketones is 1. The van der Waals surface area contributed by atoms with Crippen molar-refractivity contribution in [3.8, 4) is 0 Å². The van der Waals surface area contributed by atoms with Crippen LogP contribution in [0.4, 0.5) is 0 Å². The molecule has 1 aromatic heterocycles. The van der Waals surface area contributed by atoms with Gasteiger partial charge in [-0.2, -0.15) is 0 Å². The van der Waals surface area contributed by atoms with Crippen LogP contribution in [0.5, 0.6) is 0 Å². The van der Waals surface area contributed by atoms with E-state index in [1.165, 1.54) is 0 Å². The zero-order valence-corrected chi connectivity index (χ0v) is 7.36. The highest BCUT2D eigenvalue weighted by atomic mass is 16.5. The quantitative estimate of drug-likeness (QED) is 0.632. The second-order valence-corrected chi connectivity index (χ2v) is 2.96. The summed E-state index contributed by atoms with van der Waals surface area (Å²) in [5.74, 6) is 0.303. The SMILES string of the molecule is Cn1cnc(C(=O)C2=CCCO2)c1. The van der Waals surface area contributed by atoms with E-state index >= 15 is 0 Å². The molecular formula is C9H10N2O2. The molecule has 4 heteroatoms. The average molecular weight is 178 g/mol. The van der Waals surface area contributed by atoms with Gasteiger partial charge in [0.25, 0.3) is 0 Å². The highest BCUT2D eigenvalue weighted by molar-refractivity contribution is 6.05. The first-order valence-corrected chi connectivity index (χ1v) is 4.13. The minimum atomic E-state index is -0.127. The number of carbonyl (C=O) groups is 1. The Labute approximate surface area is 75.8 Å². The molecule has 0 unspecified atom stereocenters. The van der Waals surface area contributed by atoms with Crippen molar-refractivity contribution in [3.63, 3.8) is 0 Å². The fourth-order valence-electron chi connectivity index (χ4n) is 1.23. The monoisotopic (exact) mass is 178 g/mol. The second-order valence-electron chi connectivity index (χ2n) is 2.96. The molecule has 0 N–H and O–H groups in total. The lowest BCUT2D eigenvalue weighted by Gasteiger charge is -1.98. The number of hydrogen-bond acceptors (Lipinski definition) is 3.